The van der Waals surface area contributed by atoms with Gasteiger partial charge in [0.2, 0.25) is 10.0 Å². The maximum atomic E-state index is 11.6. The number of carbonyl (C=O) groups excluding carboxylic acids is 1. The molecule has 1 fully saturated rings. The van der Waals surface area contributed by atoms with E-state index in [-0.39, 0.29) is 13.0 Å². The zero-order chi connectivity index (χ0) is 25.8. The Morgan fingerprint density at radius 1 is 1.32 bits per heavy atom. The lowest BCUT2D eigenvalue weighted by molar-refractivity contribution is -0.107. The largest absolute Gasteiger partial charge is 0.498 e. The molecule has 3 atom stereocenters. The number of nitrogens with zero attached hydrogens (tertiary/aromatic N) is 1. The van der Waals surface area contributed by atoms with E-state index in [1.165, 1.54) is 13.5 Å². The molecule has 3 unspecified atom stereocenters. The van der Waals surface area contributed by atoms with Crippen molar-refractivity contribution < 1.29 is 27.8 Å². The Balaban J connectivity index is 0.000000362. The van der Waals surface area contributed by atoms with Crippen molar-refractivity contribution in [1.82, 2.24) is 4.31 Å². The third-order valence-electron chi connectivity index (χ3n) is 5.58. The fourth-order valence-corrected chi connectivity index (χ4v) is 3.71. The van der Waals surface area contributed by atoms with E-state index < -0.39 is 15.6 Å². The number of allylic oxidation sites excluding steroid dienone is 3. The summed E-state index contributed by atoms with van der Waals surface area (Å²) in [5.41, 5.74) is 6.85. The molecule has 1 aliphatic carbocycles. The molecule has 0 radical (unpaired) electrons. The third-order valence-corrected chi connectivity index (χ3v) is 6.79. The Labute approximate surface area is 204 Å². The molecule has 0 bridgehead atoms. The quantitative estimate of drug-likeness (QED) is 0.245. The van der Waals surface area contributed by atoms with Crippen LogP contribution in [0.15, 0.2) is 53.9 Å². The van der Waals surface area contributed by atoms with Gasteiger partial charge in [-0.1, -0.05) is 43.3 Å². The number of hydrogen-bond acceptors (Lipinski definition) is 7. The van der Waals surface area contributed by atoms with Gasteiger partial charge < -0.3 is 25.1 Å². The fraction of sp³-hybridized carbons (Fsp3) is 0.560. The minimum atomic E-state index is -3.36. The summed E-state index contributed by atoms with van der Waals surface area (Å²) >= 11 is 0. The normalized spacial score (nSPS) is 20.0. The molecule has 9 heteroatoms. The van der Waals surface area contributed by atoms with Crippen LogP contribution in [0.1, 0.15) is 32.3 Å². The van der Waals surface area contributed by atoms with E-state index in [4.69, 9.17) is 15.2 Å². The van der Waals surface area contributed by atoms with Gasteiger partial charge in [-0.05, 0) is 43.2 Å². The first-order valence-corrected chi connectivity index (χ1v) is 13.1. The van der Waals surface area contributed by atoms with Crippen molar-refractivity contribution in [2.45, 2.75) is 38.6 Å². The Morgan fingerprint density at radius 3 is 2.41 bits per heavy atom. The second-order valence-corrected chi connectivity index (χ2v) is 10.9. The molecule has 1 aliphatic rings. The van der Waals surface area contributed by atoms with Crippen molar-refractivity contribution >= 4 is 16.3 Å². The van der Waals surface area contributed by atoms with Crippen LogP contribution < -0.4 is 5.73 Å². The Kier molecular flexibility index (Phi) is 12.5. The average Bonchev–Trinajstić information content (AvgIpc) is 3.50. The number of carbonyl (C=O) groups is 1. The third kappa shape index (κ3) is 11.3. The molecule has 0 aliphatic heterocycles. The molecule has 1 saturated carbocycles. The first-order valence-electron chi connectivity index (χ1n) is 11.3. The number of likely N-dealkylation sites (N-methyl/N-ethyl adjacent to an activating group) is 1. The maximum Gasteiger partial charge on any atom is 0.231 e. The summed E-state index contributed by atoms with van der Waals surface area (Å²) in [6, 6.07) is 9.86. The van der Waals surface area contributed by atoms with Crippen LogP contribution >= 0.6 is 0 Å². The minimum Gasteiger partial charge on any atom is -0.498 e. The molecule has 8 nitrogen and oxygen atoms in total. The predicted octanol–water partition coefficient (Wildman–Crippen LogP) is 2.49. The van der Waals surface area contributed by atoms with E-state index in [2.05, 4.69) is 6.92 Å². The van der Waals surface area contributed by atoms with Gasteiger partial charge >= 0.3 is 0 Å². The van der Waals surface area contributed by atoms with Crippen LogP contribution in [0.25, 0.3) is 0 Å². The van der Waals surface area contributed by atoms with E-state index in [0.717, 1.165) is 22.4 Å². The highest BCUT2D eigenvalue weighted by Gasteiger charge is 2.33. The molecule has 0 spiro atoms. The molecule has 1 aromatic carbocycles. The van der Waals surface area contributed by atoms with Gasteiger partial charge in [0.25, 0.3) is 0 Å². The number of aldehydes is 1. The molecule has 34 heavy (non-hydrogen) atoms. The zero-order valence-corrected chi connectivity index (χ0v) is 21.8. The Bertz CT molecular complexity index is 917. The van der Waals surface area contributed by atoms with Crippen LogP contribution in [0.2, 0.25) is 0 Å². The van der Waals surface area contributed by atoms with Gasteiger partial charge in [-0.25, -0.2) is 8.42 Å². The molecular weight excluding hydrogens is 456 g/mol. The molecule has 0 amide bonds. The predicted molar refractivity (Wildman–Crippen MR) is 134 cm³/mol. The topological polar surface area (TPSA) is 119 Å². The van der Waals surface area contributed by atoms with Gasteiger partial charge in [-0.15, -0.1) is 0 Å². The summed E-state index contributed by atoms with van der Waals surface area (Å²) in [4.78, 5) is 10.5. The summed E-state index contributed by atoms with van der Waals surface area (Å²) in [6.45, 7) is 4.92. The van der Waals surface area contributed by atoms with Gasteiger partial charge in [0.15, 0.2) is 0 Å². The number of ether oxygens (including phenoxy) is 2. The van der Waals surface area contributed by atoms with Crippen LogP contribution in [-0.2, 0) is 30.7 Å². The number of nitrogens with two attached hydrogens (primary N) is 1. The monoisotopic (exact) mass is 496 g/mol. The lowest BCUT2D eigenvalue weighted by Crippen LogP contribution is -2.49. The van der Waals surface area contributed by atoms with E-state index in [1.807, 2.05) is 30.3 Å². The molecule has 0 aromatic heterocycles. The molecule has 0 heterocycles. The summed E-state index contributed by atoms with van der Waals surface area (Å²) in [5.74, 6) is 1.97. The lowest BCUT2D eigenvalue weighted by atomic mass is 9.93. The second-order valence-electron chi connectivity index (χ2n) is 8.92. The average molecular weight is 497 g/mol. The van der Waals surface area contributed by atoms with Crippen LogP contribution in [-0.4, -0.2) is 69.9 Å². The van der Waals surface area contributed by atoms with Crippen molar-refractivity contribution in [3.05, 3.63) is 59.5 Å². The van der Waals surface area contributed by atoms with Gasteiger partial charge in [-0.3, -0.25) is 4.31 Å². The molecule has 2 rings (SSSR count). The van der Waals surface area contributed by atoms with Crippen molar-refractivity contribution in [2.75, 3.05) is 40.2 Å². The van der Waals surface area contributed by atoms with Crippen LogP contribution in [0, 0.1) is 11.8 Å². The number of aliphatic hydroxyl groups excluding tert-OH is 1. The smallest absolute Gasteiger partial charge is 0.231 e. The van der Waals surface area contributed by atoms with Gasteiger partial charge in [0, 0.05) is 20.6 Å². The van der Waals surface area contributed by atoms with Gasteiger partial charge in [0.05, 0.1) is 43.1 Å². The standard InChI is InChI=1S/C14H23NO4S.C11H17NO2/c1-11-8-13(11)10-19-12(2)9-14(6-5-7-16)15(3)20(4,17)18;1-14-9-11(12,8-13)7-10-5-3-2-4-6-10/h6-7,9,11,13H,5,8,10H2,1-4H3;2-6,13H,7-9,12H2,1H3/b12-9+,14-6+;. The van der Waals surface area contributed by atoms with Crippen LogP contribution in [0.4, 0.5) is 0 Å². The van der Waals surface area contributed by atoms with Crippen LogP contribution in [0.3, 0.4) is 0 Å². The van der Waals surface area contributed by atoms with E-state index in [0.29, 0.717) is 42.9 Å². The summed E-state index contributed by atoms with van der Waals surface area (Å²) in [7, 11) is -0.314. The van der Waals surface area contributed by atoms with Gasteiger partial charge in [-0.2, -0.15) is 0 Å². The Morgan fingerprint density at radius 2 is 1.94 bits per heavy atom. The zero-order valence-electron chi connectivity index (χ0n) is 20.9. The van der Waals surface area contributed by atoms with Crippen LogP contribution in [0.5, 0.6) is 0 Å². The van der Waals surface area contributed by atoms with Gasteiger partial charge in [0.1, 0.15) is 6.29 Å². The maximum absolute atomic E-state index is 11.6. The number of rotatable bonds is 13. The van der Waals surface area contributed by atoms with E-state index >= 15 is 0 Å². The number of benzene rings is 1. The highest BCUT2D eigenvalue weighted by atomic mass is 32.2. The summed E-state index contributed by atoms with van der Waals surface area (Å²) in [5, 5.41) is 9.17. The van der Waals surface area contributed by atoms with Crippen molar-refractivity contribution in [2.24, 2.45) is 17.6 Å². The van der Waals surface area contributed by atoms with E-state index in [1.54, 1.807) is 26.2 Å². The van der Waals surface area contributed by atoms with E-state index in [9.17, 15) is 18.3 Å². The SMILES string of the molecule is C/C(=C\C(=C/CC=O)N(C)S(C)(=O)=O)OCC1CC1C.COCC(N)(CO)Cc1ccccc1. The molecule has 0 saturated heterocycles. The van der Waals surface area contributed by atoms with Crippen molar-refractivity contribution in [3.63, 3.8) is 0 Å². The Hall–Kier alpha value is -2.20. The number of aliphatic hydroxyl groups is 1. The highest BCUT2D eigenvalue weighted by Crippen LogP contribution is 2.38. The molecular formula is C25H40N2O6S. The number of methoxy groups -OCH3 is 1. The summed E-state index contributed by atoms with van der Waals surface area (Å²) < 4.78 is 34.9. The fourth-order valence-electron chi connectivity index (χ4n) is 3.20. The molecule has 192 valence electrons. The van der Waals surface area contributed by atoms with Crippen molar-refractivity contribution in [1.29, 1.82) is 0 Å². The second kappa shape index (κ2) is 14.3. The highest BCUT2D eigenvalue weighted by molar-refractivity contribution is 7.88. The lowest BCUT2D eigenvalue weighted by Gasteiger charge is -2.26. The first-order chi connectivity index (χ1) is 16.0. The minimum absolute atomic E-state index is 0.0737. The first kappa shape index (κ1) is 29.8. The number of sulfonamides is 1. The number of hydrogen-bond donors (Lipinski definition) is 2. The molecule has 1 aromatic rings. The molecule has 3 N–H and O–H groups in total. The summed E-state index contributed by atoms with van der Waals surface area (Å²) in [6.07, 6.45) is 7.04. The van der Waals surface area contributed by atoms with Crippen molar-refractivity contribution in [3.8, 4) is 0 Å².